The number of aryl methyl sites for hydroxylation is 3. The molecule has 2 aromatic rings. The van der Waals surface area contributed by atoms with Gasteiger partial charge in [-0.05, 0) is 55.4 Å². The van der Waals surface area contributed by atoms with Gasteiger partial charge in [0.1, 0.15) is 0 Å². The first-order valence-electron chi connectivity index (χ1n) is 6.98. The first-order valence-corrected chi connectivity index (χ1v) is 6.98. The minimum atomic E-state index is 0.145. The number of benzene rings is 2. The zero-order valence-corrected chi connectivity index (χ0v) is 11.3. The van der Waals surface area contributed by atoms with Gasteiger partial charge in [0.15, 0.2) is 5.78 Å². The van der Waals surface area contributed by atoms with Crippen LogP contribution < -0.4 is 0 Å². The van der Waals surface area contributed by atoms with Crippen molar-refractivity contribution in [3.8, 4) is 0 Å². The lowest BCUT2D eigenvalue weighted by molar-refractivity contribution is 0.103. The van der Waals surface area contributed by atoms with E-state index in [1.807, 2.05) is 37.3 Å². The molecule has 0 saturated heterocycles. The van der Waals surface area contributed by atoms with Crippen molar-refractivity contribution in [1.82, 2.24) is 0 Å². The van der Waals surface area contributed by atoms with E-state index < -0.39 is 0 Å². The molecule has 19 heavy (non-hydrogen) atoms. The topological polar surface area (TPSA) is 17.1 Å². The van der Waals surface area contributed by atoms with E-state index in [4.69, 9.17) is 0 Å². The van der Waals surface area contributed by atoms with Crippen molar-refractivity contribution in [1.29, 1.82) is 0 Å². The maximum atomic E-state index is 12.6. The first-order chi connectivity index (χ1) is 9.25. The maximum absolute atomic E-state index is 12.6. The van der Waals surface area contributed by atoms with Crippen molar-refractivity contribution in [2.24, 2.45) is 0 Å². The number of ketones is 1. The van der Waals surface area contributed by atoms with E-state index in [9.17, 15) is 4.79 Å². The van der Waals surface area contributed by atoms with Crippen LogP contribution in [0, 0.1) is 6.92 Å². The molecule has 0 aliphatic heterocycles. The molecule has 1 aliphatic carbocycles. The van der Waals surface area contributed by atoms with E-state index in [1.54, 1.807) is 0 Å². The van der Waals surface area contributed by atoms with Crippen LogP contribution >= 0.6 is 0 Å². The zero-order valence-electron chi connectivity index (χ0n) is 11.3. The molecule has 0 saturated carbocycles. The summed E-state index contributed by atoms with van der Waals surface area (Å²) < 4.78 is 0. The fourth-order valence-electron chi connectivity index (χ4n) is 2.86. The predicted octanol–water partition coefficient (Wildman–Crippen LogP) is 4.10. The lowest BCUT2D eigenvalue weighted by Crippen LogP contribution is -2.08. The molecule has 0 unspecified atom stereocenters. The first kappa shape index (κ1) is 12.2. The van der Waals surface area contributed by atoms with Gasteiger partial charge >= 0.3 is 0 Å². The monoisotopic (exact) mass is 250 g/mol. The SMILES string of the molecule is Cc1ccccc1C(=O)c1ccc2c(c1)CCCC2. The predicted molar refractivity (Wildman–Crippen MR) is 77.7 cm³/mol. The average Bonchev–Trinajstić information content (AvgIpc) is 2.46. The van der Waals surface area contributed by atoms with Crippen molar-refractivity contribution >= 4 is 5.78 Å². The second kappa shape index (κ2) is 5.00. The van der Waals surface area contributed by atoms with Gasteiger partial charge in [0, 0.05) is 11.1 Å². The van der Waals surface area contributed by atoms with Gasteiger partial charge in [0.05, 0.1) is 0 Å². The van der Waals surface area contributed by atoms with Crippen LogP contribution in [-0.2, 0) is 12.8 Å². The number of hydrogen-bond donors (Lipinski definition) is 0. The minimum Gasteiger partial charge on any atom is -0.289 e. The zero-order chi connectivity index (χ0) is 13.2. The molecule has 0 atom stereocenters. The van der Waals surface area contributed by atoms with Gasteiger partial charge in [-0.2, -0.15) is 0 Å². The molecule has 0 radical (unpaired) electrons. The Balaban J connectivity index is 1.98. The van der Waals surface area contributed by atoms with Crippen molar-refractivity contribution in [2.45, 2.75) is 32.6 Å². The van der Waals surface area contributed by atoms with Crippen molar-refractivity contribution in [2.75, 3.05) is 0 Å². The summed E-state index contributed by atoms with van der Waals surface area (Å²) in [6.45, 7) is 1.99. The fraction of sp³-hybridized carbons (Fsp3) is 0.278. The van der Waals surface area contributed by atoms with Crippen LogP contribution in [0.1, 0.15) is 45.5 Å². The highest BCUT2D eigenvalue weighted by Crippen LogP contribution is 2.23. The highest BCUT2D eigenvalue weighted by molar-refractivity contribution is 6.10. The van der Waals surface area contributed by atoms with Crippen LogP contribution in [0.2, 0.25) is 0 Å². The van der Waals surface area contributed by atoms with Crippen LogP contribution in [0.4, 0.5) is 0 Å². The normalized spacial score (nSPS) is 13.9. The van der Waals surface area contributed by atoms with E-state index in [0.29, 0.717) is 0 Å². The van der Waals surface area contributed by atoms with Crippen LogP contribution in [0.15, 0.2) is 42.5 Å². The van der Waals surface area contributed by atoms with Gasteiger partial charge in [-0.15, -0.1) is 0 Å². The molecule has 1 heteroatoms. The van der Waals surface area contributed by atoms with Gasteiger partial charge < -0.3 is 0 Å². The molecular weight excluding hydrogens is 232 g/mol. The number of carbonyl (C=O) groups is 1. The van der Waals surface area contributed by atoms with Crippen molar-refractivity contribution in [3.63, 3.8) is 0 Å². The Morgan fingerprint density at radius 2 is 1.68 bits per heavy atom. The average molecular weight is 250 g/mol. The lowest BCUT2D eigenvalue weighted by Gasteiger charge is -2.16. The molecule has 0 aromatic heterocycles. The second-order valence-corrected chi connectivity index (χ2v) is 5.33. The molecule has 0 N–H and O–H groups in total. The number of fused-ring (bicyclic) bond motifs is 1. The third-order valence-corrected chi connectivity index (χ3v) is 4.00. The Morgan fingerprint density at radius 3 is 2.47 bits per heavy atom. The largest absolute Gasteiger partial charge is 0.289 e. The molecule has 1 nitrogen and oxygen atoms in total. The van der Waals surface area contributed by atoms with Gasteiger partial charge in [-0.3, -0.25) is 4.79 Å². The van der Waals surface area contributed by atoms with Crippen LogP contribution in [0.25, 0.3) is 0 Å². The van der Waals surface area contributed by atoms with Crippen LogP contribution in [-0.4, -0.2) is 5.78 Å². The van der Waals surface area contributed by atoms with E-state index in [2.05, 4.69) is 12.1 Å². The highest BCUT2D eigenvalue weighted by Gasteiger charge is 2.15. The molecule has 0 spiro atoms. The lowest BCUT2D eigenvalue weighted by atomic mass is 9.88. The molecule has 2 aromatic carbocycles. The van der Waals surface area contributed by atoms with Gasteiger partial charge in [-0.25, -0.2) is 0 Å². The van der Waals surface area contributed by atoms with E-state index in [1.165, 1.54) is 24.0 Å². The van der Waals surface area contributed by atoms with Gasteiger partial charge in [0.25, 0.3) is 0 Å². The Morgan fingerprint density at radius 1 is 0.947 bits per heavy atom. The molecule has 0 fully saturated rings. The Bertz CT molecular complexity index is 625. The standard InChI is InChI=1S/C18H18O/c1-13-6-2-5-9-17(13)18(19)16-11-10-14-7-3-4-8-15(14)12-16/h2,5-6,9-12H,3-4,7-8H2,1H3. The van der Waals surface area contributed by atoms with Crippen molar-refractivity contribution in [3.05, 3.63) is 70.3 Å². The van der Waals surface area contributed by atoms with E-state index in [0.717, 1.165) is 29.5 Å². The Hall–Kier alpha value is -1.89. The third-order valence-electron chi connectivity index (χ3n) is 4.00. The van der Waals surface area contributed by atoms with Crippen molar-refractivity contribution < 1.29 is 4.79 Å². The quantitative estimate of drug-likeness (QED) is 0.733. The minimum absolute atomic E-state index is 0.145. The summed E-state index contributed by atoms with van der Waals surface area (Å²) in [7, 11) is 0. The molecular formula is C18H18O. The summed E-state index contributed by atoms with van der Waals surface area (Å²) in [5, 5.41) is 0. The van der Waals surface area contributed by atoms with Crippen LogP contribution in [0.5, 0.6) is 0 Å². The molecule has 0 amide bonds. The summed E-state index contributed by atoms with van der Waals surface area (Å²) in [5.74, 6) is 0.145. The second-order valence-electron chi connectivity index (χ2n) is 5.33. The number of hydrogen-bond acceptors (Lipinski definition) is 1. The molecule has 3 rings (SSSR count). The summed E-state index contributed by atoms with van der Waals surface area (Å²) >= 11 is 0. The van der Waals surface area contributed by atoms with Gasteiger partial charge in [0.2, 0.25) is 0 Å². The summed E-state index contributed by atoms with van der Waals surface area (Å²) in [5.41, 5.74) is 5.48. The van der Waals surface area contributed by atoms with Gasteiger partial charge in [-0.1, -0.05) is 36.4 Å². The molecule has 0 bridgehead atoms. The number of rotatable bonds is 2. The third kappa shape index (κ3) is 2.33. The fourth-order valence-corrected chi connectivity index (χ4v) is 2.86. The Kier molecular flexibility index (Phi) is 3.20. The smallest absolute Gasteiger partial charge is 0.193 e. The highest BCUT2D eigenvalue weighted by atomic mass is 16.1. The molecule has 96 valence electrons. The van der Waals surface area contributed by atoms with E-state index >= 15 is 0 Å². The molecule has 0 heterocycles. The van der Waals surface area contributed by atoms with Crippen LogP contribution in [0.3, 0.4) is 0 Å². The Labute approximate surface area is 114 Å². The summed E-state index contributed by atoms with van der Waals surface area (Å²) in [6.07, 6.45) is 4.80. The molecule has 1 aliphatic rings. The maximum Gasteiger partial charge on any atom is 0.193 e. The number of carbonyl (C=O) groups excluding carboxylic acids is 1. The summed E-state index contributed by atoms with van der Waals surface area (Å²) in [6, 6.07) is 14.0. The van der Waals surface area contributed by atoms with E-state index in [-0.39, 0.29) is 5.78 Å². The summed E-state index contributed by atoms with van der Waals surface area (Å²) in [4.78, 5) is 12.6.